The van der Waals surface area contributed by atoms with Crippen molar-refractivity contribution in [2.75, 3.05) is 31.2 Å². The molecule has 20 heavy (non-hydrogen) atoms. The van der Waals surface area contributed by atoms with Crippen LogP contribution in [-0.2, 0) is 4.74 Å². The van der Waals surface area contributed by atoms with Crippen LogP contribution >= 0.6 is 15.9 Å². The van der Waals surface area contributed by atoms with Crippen molar-refractivity contribution >= 4 is 21.6 Å². The molecule has 1 aromatic heterocycles. The number of nitrogens with zero attached hydrogens (tertiary/aromatic N) is 2. The van der Waals surface area contributed by atoms with Crippen LogP contribution in [-0.4, -0.2) is 31.3 Å². The van der Waals surface area contributed by atoms with Crippen molar-refractivity contribution in [1.29, 1.82) is 0 Å². The van der Waals surface area contributed by atoms with E-state index in [-0.39, 0.29) is 0 Å². The number of hydrogen-bond acceptors (Lipinski definition) is 3. The van der Waals surface area contributed by atoms with Gasteiger partial charge in [-0.15, -0.1) is 0 Å². The lowest BCUT2D eigenvalue weighted by Gasteiger charge is -2.30. The monoisotopic (exact) mass is 332 g/mol. The summed E-state index contributed by atoms with van der Waals surface area (Å²) in [7, 11) is 0. The Morgan fingerprint density at radius 2 is 2.00 bits per heavy atom. The van der Waals surface area contributed by atoms with Crippen LogP contribution in [0.3, 0.4) is 0 Å². The van der Waals surface area contributed by atoms with Crippen LogP contribution in [0.2, 0.25) is 0 Å². The minimum Gasteiger partial charge on any atom is -0.378 e. The number of morpholine rings is 1. The first-order chi connectivity index (χ1) is 9.75. The molecular weight excluding hydrogens is 316 g/mol. The standard InChI is InChI=1S/C16H17BrN2O/c1-12-15(13-9-14(17)11-18-10-13)3-2-4-16(12)19-5-7-20-8-6-19/h2-4,9-11H,5-8H2,1H3. The zero-order chi connectivity index (χ0) is 13.9. The van der Waals surface area contributed by atoms with Crippen molar-refractivity contribution in [1.82, 2.24) is 4.98 Å². The Balaban J connectivity index is 2.00. The SMILES string of the molecule is Cc1c(-c2cncc(Br)c2)cccc1N1CCOCC1. The highest BCUT2D eigenvalue weighted by atomic mass is 79.9. The first-order valence-corrected chi connectivity index (χ1v) is 7.58. The molecule has 0 saturated carbocycles. The summed E-state index contributed by atoms with van der Waals surface area (Å²) in [5, 5.41) is 0. The number of anilines is 1. The molecule has 3 nitrogen and oxygen atoms in total. The lowest BCUT2D eigenvalue weighted by atomic mass is 10.00. The molecule has 0 N–H and O–H groups in total. The fourth-order valence-electron chi connectivity index (χ4n) is 2.64. The van der Waals surface area contributed by atoms with Gasteiger partial charge in [-0.2, -0.15) is 0 Å². The second-order valence-corrected chi connectivity index (χ2v) is 5.86. The summed E-state index contributed by atoms with van der Waals surface area (Å²) in [6.45, 7) is 5.72. The smallest absolute Gasteiger partial charge is 0.0642 e. The molecule has 104 valence electrons. The van der Waals surface area contributed by atoms with Crippen LogP contribution in [0.25, 0.3) is 11.1 Å². The highest BCUT2D eigenvalue weighted by molar-refractivity contribution is 9.10. The number of pyridine rings is 1. The molecule has 0 aliphatic carbocycles. The van der Waals surface area contributed by atoms with E-state index in [4.69, 9.17) is 4.74 Å². The molecule has 1 aromatic carbocycles. The molecule has 2 aromatic rings. The summed E-state index contributed by atoms with van der Waals surface area (Å²) >= 11 is 3.49. The van der Waals surface area contributed by atoms with Crippen LogP contribution in [0.15, 0.2) is 41.1 Å². The molecule has 4 heteroatoms. The summed E-state index contributed by atoms with van der Waals surface area (Å²) in [5.41, 5.74) is 4.98. The van der Waals surface area contributed by atoms with E-state index >= 15 is 0 Å². The van der Waals surface area contributed by atoms with Gasteiger partial charge in [-0.1, -0.05) is 12.1 Å². The average Bonchev–Trinajstić information content (AvgIpc) is 2.48. The van der Waals surface area contributed by atoms with Crippen LogP contribution in [0.1, 0.15) is 5.56 Å². The quantitative estimate of drug-likeness (QED) is 0.839. The highest BCUT2D eigenvalue weighted by Gasteiger charge is 2.15. The summed E-state index contributed by atoms with van der Waals surface area (Å²) in [6.07, 6.45) is 3.72. The summed E-state index contributed by atoms with van der Waals surface area (Å²) < 4.78 is 6.44. The molecule has 3 rings (SSSR count). The molecule has 0 bridgehead atoms. The Morgan fingerprint density at radius 3 is 2.75 bits per heavy atom. The Kier molecular flexibility index (Phi) is 4.03. The van der Waals surface area contributed by atoms with Gasteiger partial charge in [0.2, 0.25) is 0 Å². The third kappa shape index (κ3) is 2.72. The van der Waals surface area contributed by atoms with Crippen LogP contribution in [0.4, 0.5) is 5.69 Å². The fourth-order valence-corrected chi connectivity index (χ4v) is 3.01. The number of hydrogen-bond donors (Lipinski definition) is 0. The first kappa shape index (κ1) is 13.6. The Bertz CT molecular complexity index is 609. The predicted octanol–water partition coefficient (Wildman–Crippen LogP) is 3.66. The van der Waals surface area contributed by atoms with E-state index in [0.29, 0.717) is 0 Å². The minimum absolute atomic E-state index is 0.808. The largest absolute Gasteiger partial charge is 0.378 e. The lowest BCUT2D eigenvalue weighted by Crippen LogP contribution is -2.36. The Labute approximate surface area is 127 Å². The van der Waals surface area contributed by atoms with Crippen molar-refractivity contribution in [3.63, 3.8) is 0 Å². The maximum atomic E-state index is 5.43. The Hall–Kier alpha value is -1.39. The molecule has 1 aliphatic rings. The predicted molar refractivity (Wildman–Crippen MR) is 85.1 cm³/mol. The zero-order valence-corrected chi connectivity index (χ0v) is 13.1. The third-order valence-corrected chi connectivity index (χ3v) is 4.11. The van der Waals surface area contributed by atoms with Gasteiger partial charge in [-0.25, -0.2) is 0 Å². The maximum absolute atomic E-state index is 5.43. The minimum atomic E-state index is 0.808. The van der Waals surface area contributed by atoms with E-state index in [2.05, 4.69) is 57.0 Å². The van der Waals surface area contributed by atoms with Crippen molar-refractivity contribution in [2.24, 2.45) is 0 Å². The topological polar surface area (TPSA) is 25.4 Å². The molecule has 0 spiro atoms. The van der Waals surface area contributed by atoms with E-state index in [1.807, 2.05) is 12.4 Å². The second-order valence-electron chi connectivity index (χ2n) is 4.94. The van der Waals surface area contributed by atoms with Crippen molar-refractivity contribution < 1.29 is 4.74 Å². The van der Waals surface area contributed by atoms with Gasteiger partial charge in [0.15, 0.2) is 0 Å². The first-order valence-electron chi connectivity index (χ1n) is 6.79. The van der Waals surface area contributed by atoms with Gasteiger partial charge in [0, 0.05) is 41.2 Å². The molecule has 1 fully saturated rings. The molecule has 0 unspecified atom stereocenters. The fraction of sp³-hybridized carbons (Fsp3) is 0.312. The second kappa shape index (κ2) is 5.94. The normalized spacial score (nSPS) is 15.4. The number of ether oxygens (including phenoxy) is 1. The van der Waals surface area contributed by atoms with Crippen LogP contribution < -0.4 is 4.90 Å². The van der Waals surface area contributed by atoms with Gasteiger partial charge < -0.3 is 9.64 Å². The van der Waals surface area contributed by atoms with E-state index in [1.54, 1.807) is 0 Å². The third-order valence-electron chi connectivity index (χ3n) is 3.67. The van der Waals surface area contributed by atoms with Gasteiger partial charge >= 0.3 is 0 Å². The molecule has 2 heterocycles. The molecule has 0 atom stereocenters. The van der Waals surface area contributed by atoms with E-state index < -0.39 is 0 Å². The number of rotatable bonds is 2. The molecule has 1 aliphatic heterocycles. The summed E-state index contributed by atoms with van der Waals surface area (Å²) in [4.78, 5) is 6.66. The molecule has 1 saturated heterocycles. The number of benzene rings is 1. The van der Waals surface area contributed by atoms with Crippen molar-refractivity contribution in [2.45, 2.75) is 6.92 Å². The van der Waals surface area contributed by atoms with Gasteiger partial charge in [-0.05, 0) is 46.1 Å². The summed E-state index contributed by atoms with van der Waals surface area (Å²) in [6, 6.07) is 8.57. The van der Waals surface area contributed by atoms with Gasteiger partial charge in [0.1, 0.15) is 0 Å². The molecular formula is C16H17BrN2O. The van der Waals surface area contributed by atoms with Gasteiger partial charge in [0.05, 0.1) is 13.2 Å². The number of aromatic nitrogens is 1. The van der Waals surface area contributed by atoms with E-state index in [9.17, 15) is 0 Å². The summed E-state index contributed by atoms with van der Waals surface area (Å²) in [5.74, 6) is 0. The average molecular weight is 333 g/mol. The lowest BCUT2D eigenvalue weighted by molar-refractivity contribution is 0.122. The van der Waals surface area contributed by atoms with Crippen LogP contribution in [0, 0.1) is 6.92 Å². The maximum Gasteiger partial charge on any atom is 0.0642 e. The van der Waals surface area contributed by atoms with Gasteiger partial charge in [-0.3, -0.25) is 4.98 Å². The van der Waals surface area contributed by atoms with Crippen molar-refractivity contribution in [3.05, 3.63) is 46.7 Å². The van der Waals surface area contributed by atoms with Gasteiger partial charge in [0.25, 0.3) is 0 Å². The Morgan fingerprint density at radius 1 is 1.20 bits per heavy atom. The van der Waals surface area contributed by atoms with Crippen molar-refractivity contribution in [3.8, 4) is 11.1 Å². The van der Waals surface area contributed by atoms with Crippen LogP contribution in [0.5, 0.6) is 0 Å². The van der Waals surface area contributed by atoms with E-state index in [0.717, 1.165) is 36.3 Å². The highest BCUT2D eigenvalue weighted by Crippen LogP contribution is 2.31. The molecule has 0 amide bonds. The molecule has 0 radical (unpaired) electrons. The zero-order valence-electron chi connectivity index (χ0n) is 11.5. The van der Waals surface area contributed by atoms with E-state index in [1.165, 1.54) is 16.8 Å². The number of halogens is 1.